The summed E-state index contributed by atoms with van der Waals surface area (Å²) in [4.78, 5) is 0. The second-order valence-corrected chi connectivity index (χ2v) is 11.7. The Morgan fingerprint density at radius 3 is 2.00 bits per heavy atom. The van der Waals surface area contributed by atoms with Gasteiger partial charge in [-0.25, -0.2) is 4.57 Å². The quantitative estimate of drug-likeness (QED) is 0.439. The molecule has 0 aliphatic heterocycles. The molecule has 0 radical (unpaired) electrons. The van der Waals surface area contributed by atoms with Gasteiger partial charge in [0.15, 0.2) is 0 Å². The van der Waals surface area contributed by atoms with Crippen molar-refractivity contribution in [3.05, 3.63) is 29.8 Å². The van der Waals surface area contributed by atoms with Crippen LogP contribution in [0.1, 0.15) is 19.4 Å². The van der Waals surface area contributed by atoms with Crippen LogP contribution in [0.3, 0.4) is 0 Å². The Morgan fingerprint density at radius 2 is 1.57 bits per heavy atom. The minimum atomic E-state index is -3.53. The van der Waals surface area contributed by atoms with Gasteiger partial charge in [0, 0.05) is 5.56 Å². The molecule has 6 heteroatoms. The van der Waals surface area contributed by atoms with Crippen LogP contribution in [0.2, 0.25) is 19.6 Å². The van der Waals surface area contributed by atoms with Gasteiger partial charge in [-0.2, -0.15) is 0 Å². The molecule has 0 saturated carbocycles. The second-order valence-electron chi connectivity index (χ2n) is 5.40. The largest absolute Gasteiger partial charge is 0.530 e. The average molecular weight is 326 g/mol. The van der Waals surface area contributed by atoms with E-state index in [0.29, 0.717) is 5.75 Å². The zero-order valence-corrected chi connectivity index (χ0v) is 15.2. The Bertz CT molecular complexity index is 542. The summed E-state index contributed by atoms with van der Waals surface area (Å²) in [6.07, 6.45) is 0. The van der Waals surface area contributed by atoms with Crippen LogP contribution in [-0.2, 0) is 13.6 Å². The van der Waals surface area contributed by atoms with Gasteiger partial charge >= 0.3 is 7.82 Å². The number of rotatable bonds is 6. The first-order chi connectivity index (χ1) is 9.78. The summed E-state index contributed by atoms with van der Waals surface area (Å²) in [5, 5.41) is 0. The van der Waals surface area contributed by atoms with Gasteiger partial charge in [-0.15, -0.1) is 5.54 Å². The highest BCUT2D eigenvalue weighted by molar-refractivity contribution is 7.48. The molecule has 0 atom stereocenters. The predicted octanol–water partition coefficient (Wildman–Crippen LogP) is 4.48. The summed E-state index contributed by atoms with van der Waals surface area (Å²) in [5.74, 6) is 3.59. The summed E-state index contributed by atoms with van der Waals surface area (Å²) in [5.41, 5.74) is 4.20. The fourth-order valence-electron chi connectivity index (χ4n) is 1.39. The molecule has 116 valence electrons. The van der Waals surface area contributed by atoms with E-state index < -0.39 is 15.9 Å². The molecule has 1 aromatic rings. The molecule has 0 heterocycles. The summed E-state index contributed by atoms with van der Waals surface area (Å²) in [7, 11) is -4.92. The van der Waals surface area contributed by atoms with E-state index >= 15 is 0 Å². The number of hydrogen-bond donors (Lipinski definition) is 0. The van der Waals surface area contributed by atoms with Crippen molar-refractivity contribution in [2.75, 3.05) is 13.2 Å². The Kier molecular flexibility index (Phi) is 6.70. The summed E-state index contributed by atoms with van der Waals surface area (Å²) in [6.45, 7) is 10.6. The van der Waals surface area contributed by atoms with E-state index in [0.717, 1.165) is 5.56 Å². The van der Waals surface area contributed by atoms with Crippen molar-refractivity contribution in [2.45, 2.75) is 33.5 Å². The standard InChI is InChI=1S/C15H23O4PSi/c1-6-17-20(16,18-7-2)19-15-10-8-14(9-11-15)12-13-21(3,4)5/h8-11H,6-7H2,1-5H3. The Morgan fingerprint density at radius 1 is 1.05 bits per heavy atom. The van der Waals surface area contributed by atoms with E-state index in [1.54, 1.807) is 26.0 Å². The third-order valence-corrected chi connectivity index (χ3v) is 4.69. The van der Waals surface area contributed by atoms with Crippen LogP contribution in [0.5, 0.6) is 5.75 Å². The molecule has 0 spiro atoms. The number of phosphoric ester groups is 1. The van der Waals surface area contributed by atoms with Crippen LogP contribution in [0, 0.1) is 11.5 Å². The third-order valence-electron chi connectivity index (χ3n) is 2.23. The Hall–Kier alpha value is -1.05. The molecule has 0 aliphatic rings. The van der Waals surface area contributed by atoms with E-state index in [2.05, 4.69) is 31.1 Å². The van der Waals surface area contributed by atoms with Gasteiger partial charge in [-0.3, -0.25) is 9.05 Å². The van der Waals surface area contributed by atoms with Gasteiger partial charge in [-0.05, 0) is 38.1 Å². The minimum Gasteiger partial charge on any atom is -0.404 e. The number of phosphoric acid groups is 1. The monoisotopic (exact) mass is 326 g/mol. The smallest absolute Gasteiger partial charge is 0.404 e. The highest BCUT2D eigenvalue weighted by Gasteiger charge is 2.27. The first-order valence-corrected chi connectivity index (χ1v) is 12.0. The topological polar surface area (TPSA) is 44.8 Å². The van der Waals surface area contributed by atoms with Gasteiger partial charge < -0.3 is 4.52 Å². The van der Waals surface area contributed by atoms with Crippen LogP contribution >= 0.6 is 7.82 Å². The first-order valence-electron chi connectivity index (χ1n) is 7.00. The maximum absolute atomic E-state index is 12.2. The normalized spacial score (nSPS) is 11.7. The van der Waals surface area contributed by atoms with Crippen molar-refractivity contribution in [2.24, 2.45) is 0 Å². The third kappa shape index (κ3) is 6.97. The van der Waals surface area contributed by atoms with Crippen molar-refractivity contribution in [1.29, 1.82) is 0 Å². The second kappa shape index (κ2) is 7.81. The molecule has 1 rings (SSSR count). The van der Waals surface area contributed by atoms with E-state index in [1.807, 2.05) is 12.1 Å². The maximum atomic E-state index is 12.2. The highest BCUT2D eigenvalue weighted by atomic mass is 31.2. The molecule has 4 nitrogen and oxygen atoms in total. The van der Waals surface area contributed by atoms with Crippen molar-refractivity contribution in [3.63, 3.8) is 0 Å². The summed E-state index contributed by atoms with van der Waals surface area (Å²) < 4.78 is 27.8. The molecule has 0 saturated heterocycles. The van der Waals surface area contributed by atoms with Gasteiger partial charge in [0.1, 0.15) is 13.8 Å². The maximum Gasteiger partial charge on any atom is 0.530 e. The van der Waals surface area contributed by atoms with Gasteiger partial charge in [-0.1, -0.05) is 25.6 Å². The number of benzene rings is 1. The van der Waals surface area contributed by atoms with Crippen LogP contribution in [0.4, 0.5) is 0 Å². The molecule has 1 aromatic carbocycles. The number of hydrogen-bond acceptors (Lipinski definition) is 4. The molecule has 21 heavy (non-hydrogen) atoms. The highest BCUT2D eigenvalue weighted by Crippen LogP contribution is 2.49. The lowest BCUT2D eigenvalue weighted by molar-refractivity contribution is 0.167. The van der Waals surface area contributed by atoms with Crippen molar-refractivity contribution < 1.29 is 18.1 Å². The van der Waals surface area contributed by atoms with Crippen molar-refractivity contribution in [1.82, 2.24) is 0 Å². The summed E-state index contributed by atoms with van der Waals surface area (Å²) in [6, 6.07) is 7.12. The molecule has 0 fully saturated rings. The van der Waals surface area contributed by atoms with Gasteiger partial charge in [0.05, 0.1) is 13.2 Å². The molecular formula is C15H23O4PSi. The Labute approximate surface area is 128 Å². The van der Waals surface area contributed by atoms with Crippen LogP contribution in [-0.4, -0.2) is 21.3 Å². The first kappa shape index (κ1) is 18.0. The van der Waals surface area contributed by atoms with Crippen LogP contribution in [0.25, 0.3) is 0 Å². The molecule has 0 aliphatic carbocycles. The predicted molar refractivity (Wildman–Crippen MR) is 88.2 cm³/mol. The zero-order valence-electron chi connectivity index (χ0n) is 13.3. The molecule has 0 bridgehead atoms. The minimum absolute atomic E-state index is 0.261. The van der Waals surface area contributed by atoms with Crippen LogP contribution < -0.4 is 4.52 Å². The van der Waals surface area contributed by atoms with Crippen molar-refractivity contribution >= 4 is 15.9 Å². The lowest BCUT2D eigenvalue weighted by Gasteiger charge is -2.16. The Balaban J connectivity index is 2.82. The molecule has 0 unspecified atom stereocenters. The fourth-order valence-corrected chi connectivity index (χ4v) is 3.11. The fraction of sp³-hybridized carbons (Fsp3) is 0.467. The zero-order chi connectivity index (χ0) is 15.9. The van der Waals surface area contributed by atoms with E-state index in [9.17, 15) is 4.57 Å². The SMILES string of the molecule is CCOP(=O)(OCC)Oc1ccc(C#C[Si](C)(C)C)cc1. The lowest BCUT2D eigenvalue weighted by Crippen LogP contribution is -2.16. The van der Waals surface area contributed by atoms with Gasteiger partial charge in [0.25, 0.3) is 0 Å². The van der Waals surface area contributed by atoms with Crippen LogP contribution in [0.15, 0.2) is 24.3 Å². The van der Waals surface area contributed by atoms with Crippen molar-refractivity contribution in [3.8, 4) is 17.2 Å². The van der Waals surface area contributed by atoms with E-state index in [1.165, 1.54) is 0 Å². The molecular weight excluding hydrogens is 303 g/mol. The molecule has 0 N–H and O–H groups in total. The molecule has 0 aromatic heterocycles. The molecule has 0 amide bonds. The van der Waals surface area contributed by atoms with E-state index in [4.69, 9.17) is 13.6 Å². The lowest BCUT2D eigenvalue weighted by atomic mass is 10.2. The summed E-state index contributed by atoms with van der Waals surface area (Å²) >= 11 is 0. The van der Waals surface area contributed by atoms with Gasteiger partial charge in [0.2, 0.25) is 0 Å². The average Bonchev–Trinajstić information content (AvgIpc) is 2.37. The van der Waals surface area contributed by atoms with E-state index in [-0.39, 0.29) is 13.2 Å².